The number of quaternary nitrogens is 1. The van der Waals surface area contributed by atoms with Crippen LogP contribution in [0.2, 0.25) is 0 Å². The largest absolute Gasteiger partial charge is 0.296 e. The predicted octanol–water partition coefficient (Wildman–Crippen LogP) is 6.78. The van der Waals surface area contributed by atoms with Gasteiger partial charge in [0.15, 0.2) is 0 Å². The Balaban J connectivity index is 1.93. The fourth-order valence-electron chi connectivity index (χ4n) is 3.15. The summed E-state index contributed by atoms with van der Waals surface area (Å²) in [4.78, 5) is 0. The van der Waals surface area contributed by atoms with Crippen molar-refractivity contribution in [1.82, 2.24) is 4.48 Å². The first kappa shape index (κ1) is 20.5. The number of hydrogen-bond donors (Lipinski definition) is 0. The van der Waals surface area contributed by atoms with Crippen molar-refractivity contribution in [2.75, 3.05) is 26.5 Å². The molecule has 0 heterocycles. The number of alkyl halides is 1. The first-order valence-corrected chi connectivity index (χ1v) is 10.1. The van der Waals surface area contributed by atoms with E-state index in [0.29, 0.717) is 0 Å². The molecule has 2 heteroatoms. The van der Waals surface area contributed by atoms with Gasteiger partial charge in [0.05, 0.1) is 20.6 Å². The summed E-state index contributed by atoms with van der Waals surface area (Å²) in [6, 6.07) is 10.9. The number of benzene rings is 1. The second-order valence-corrected chi connectivity index (χ2v) is 7.70. The molecule has 0 fully saturated rings. The Hall–Kier alpha value is -0.530. The first-order chi connectivity index (χ1) is 11.2. The molecular formula is C21H37ClN+. The molecule has 0 aliphatic heterocycles. The fraction of sp³-hybridized carbons (Fsp3) is 0.714. The second kappa shape index (κ2) is 12.8. The van der Waals surface area contributed by atoms with E-state index in [1.807, 2.05) is 0 Å². The third kappa shape index (κ3) is 10.0. The summed E-state index contributed by atoms with van der Waals surface area (Å²) < 4.78 is 1.00. The van der Waals surface area contributed by atoms with Crippen molar-refractivity contribution in [3.63, 3.8) is 0 Å². The van der Waals surface area contributed by atoms with E-state index in [1.165, 1.54) is 82.9 Å². The topological polar surface area (TPSA) is 0 Å². The van der Waals surface area contributed by atoms with Crippen molar-refractivity contribution in [2.24, 2.45) is 0 Å². The van der Waals surface area contributed by atoms with Gasteiger partial charge >= 0.3 is 0 Å². The van der Waals surface area contributed by atoms with Gasteiger partial charge in [0.25, 0.3) is 0 Å². The molecular weight excluding hydrogens is 302 g/mol. The Kier molecular flexibility index (Phi) is 11.5. The van der Waals surface area contributed by atoms with Gasteiger partial charge in [-0.1, -0.05) is 69.6 Å². The number of para-hydroxylation sites is 1. The van der Waals surface area contributed by atoms with Gasteiger partial charge in [-0.25, -0.2) is 0 Å². The van der Waals surface area contributed by atoms with Gasteiger partial charge in [0.1, 0.15) is 5.69 Å². The summed E-state index contributed by atoms with van der Waals surface area (Å²) in [5.74, 6) is 0.833. The smallest absolute Gasteiger partial charge is 0.132 e. The summed E-state index contributed by atoms with van der Waals surface area (Å²) in [5, 5.41) is 0. The zero-order valence-electron chi connectivity index (χ0n) is 15.4. The molecule has 0 amide bonds. The minimum atomic E-state index is 0.833. The monoisotopic (exact) mass is 338 g/mol. The minimum absolute atomic E-state index is 0.833. The van der Waals surface area contributed by atoms with Gasteiger partial charge in [-0.05, 0) is 31.4 Å². The Morgan fingerprint density at radius 1 is 0.652 bits per heavy atom. The average molecular weight is 339 g/mol. The Morgan fingerprint density at radius 3 is 1.57 bits per heavy atom. The number of rotatable bonds is 14. The lowest BCUT2D eigenvalue weighted by molar-refractivity contribution is 0.380. The molecule has 1 rings (SSSR count). The molecule has 0 N–H and O–H groups in total. The van der Waals surface area contributed by atoms with Crippen LogP contribution in [-0.2, 0) is 0 Å². The lowest BCUT2D eigenvalue weighted by atomic mass is 10.1. The third-order valence-corrected chi connectivity index (χ3v) is 5.07. The van der Waals surface area contributed by atoms with Crippen LogP contribution in [0.1, 0.15) is 70.6 Å². The molecule has 1 nitrogen and oxygen atoms in total. The highest BCUT2D eigenvalue weighted by molar-refractivity contribution is 6.17. The SMILES string of the molecule is C[N+](C)(CCCCCCCCCCCCCCl)c1ccccc1. The quantitative estimate of drug-likeness (QED) is 0.199. The average Bonchev–Trinajstić information content (AvgIpc) is 2.56. The van der Waals surface area contributed by atoms with Crippen molar-refractivity contribution in [1.29, 1.82) is 0 Å². The molecule has 1 aromatic carbocycles. The molecule has 0 saturated heterocycles. The molecule has 0 atom stereocenters. The highest BCUT2D eigenvalue weighted by Crippen LogP contribution is 2.19. The van der Waals surface area contributed by atoms with E-state index in [-0.39, 0.29) is 0 Å². The highest BCUT2D eigenvalue weighted by atomic mass is 35.5. The summed E-state index contributed by atoms with van der Waals surface area (Å²) >= 11 is 5.69. The van der Waals surface area contributed by atoms with Gasteiger partial charge in [0.2, 0.25) is 0 Å². The first-order valence-electron chi connectivity index (χ1n) is 9.61. The molecule has 23 heavy (non-hydrogen) atoms. The number of hydrogen-bond acceptors (Lipinski definition) is 0. The summed E-state index contributed by atoms with van der Waals surface area (Å²) in [6.07, 6.45) is 15.1. The number of halogens is 1. The molecule has 0 spiro atoms. The molecule has 0 aliphatic carbocycles. The predicted molar refractivity (Wildman–Crippen MR) is 106 cm³/mol. The molecule has 0 bridgehead atoms. The van der Waals surface area contributed by atoms with E-state index in [2.05, 4.69) is 44.4 Å². The van der Waals surface area contributed by atoms with Crippen LogP contribution in [0.3, 0.4) is 0 Å². The van der Waals surface area contributed by atoms with E-state index >= 15 is 0 Å². The van der Waals surface area contributed by atoms with E-state index < -0.39 is 0 Å². The molecule has 0 unspecified atom stereocenters. The Labute approximate surface area is 149 Å². The van der Waals surface area contributed by atoms with Crippen LogP contribution in [-0.4, -0.2) is 26.5 Å². The normalized spacial score (nSPS) is 11.8. The molecule has 132 valence electrons. The lowest BCUT2D eigenvalue weighted by Crippen LogP contribution is -2.41. The third-order valence-electron chi connectivity index (χ3n) is 4.81. The van der Waals surface area contributed by atoms with Gasteiger partial charge < -0.3 is 0 Å². The zero-order valence-corrected chi connectivity index (χ0v) is 16.2. The standard InChI is InChI=1S/C21H37ClN/c1-23(2,21-17-13-12-14-18-21)20-16-11-9-7-5-3-4-6-8-10-15-19-22/h12-14,17-18H,3-11,15-16,19-20H2,1-2H3/q+1. The van der Waals surface area contributed by atoms with Gasteiger partial charge in [0, 0.05) is 5.88 Å². The van der Waals surface area contributed by atoms with Crippen molar-refractivity contribution in [3.8, 4) is 0 Å². The van der Waals surface area contributed by atoms with Crippen LogP contribution in [0, 0.1) is 0 Å². The van der Waals surface area contributed by atoms with Crippen molar-refractivity contribution >= 4 is 17.3 Å². The van der Waals surface area contributed by atoms with Gasteiger partial charge in [-0.15, -0.1) is 11.6 Å². The van der Waals surface area contributed by atoms with Crippen LogP contribution >= 0.6 is 11.6 Å². The molecule has 0 radical (unpaired) electrons. The fourth-order valence-corrected chi connectivity index (χ4v) is 3.34. The van der Waals surface area contributed by atoms with Gasteiger partial charge in [-0.2, -0.15) is 0 Å². The van der Waals surface area contributed by atoms with Crippen molar-refractivity contribution in [2.45, 2.75) is 70.6 Å². The van der Waals surface area contributed by atoms with Crippen LogP contribution in [0.25, 0.3) is 0 Å². The number of nitrogens with zero attached hydrogens (tertiary/aromatic N) is 1. The van der Waals surface area contributed by atoms with Crippen molar-refractivity contribution in [3.05, 3.63) is 30.3 Å². The Bertz CT molecular complexity index is 375. The molecule has 0 aliphatic rings. The summed E-state index contributed by atoms with van der Waals surface area (Å²) in [7, 11) is 4.64. The summed E-state index contributed by atoms with van der Waals surface area (Å²) in [6.45, 7) is 1.24. The van der Waals surface area contributed by atoms with Crippen LogP contribution in [0.4, 0.5) is 5.69 Å². The molecule has 0 saturated carbocycles. The van der Waals surface area contributed by atoms with Crippen LogP contribution in [0.15, 0.2) is 30.3 Å². The van der Waals surface area contributed by atoms with Crippen molar-refractivity contribution < 1.29 is 0 Å². The van der Waals surface area contributed by atoms with E-state index in [0.717, 1.165) is 10.4 Å². The second-order valence-electron chi connectivity index (χ2n) is 7.32. The van der Waals surface area contributed by atoms with Crippen LogP contribution in [0.5, 0.6) is 0 Å². The summed E-state index contributed by atoms with van der Waals surface area (Å²) in [5.41, 5.74) is 1.42. The maximum absolute atomic E-state index is 5.69. The van der Waals surface area contributed by atoms with Crippen LogP contribution < -0.4 is 4.48 Å². The molecule has 0 aromatic heterocycles. The maximum atomic E-state index is 5.69. The molecule has 1 aromatic rings. The number of unbranched alkanes of at least 4 members (excludes halogenated alkanes) is 10. The maximum Gasteiger partial charge on any atom is 0.132 e. The lowest BCUT2D eigenvalue weighted by Gasteiger charge is -2.29. The Morgan fingerprint density at radius 2 is 1.09 bits per heavy atom. The van der Waals surface area contributed by atoms with E-state index in [4.69, 9.17) is 11.6 Å². The highest BCUT2D eigenvalue weighted by Gasteiger charge is 2.17. The van der Waals surface area contributed by atoms with E-state index in [9.17, 15) is 0 Å². The van der Waals surface area contributed by atoms with E-state index in [1.54, 1.807) is 0 Å². The zero-order chi connectivity index (χ0) is 16.8. The van der Waals surface area contributed by atoms with Gasteiger partial charge in [-0.3, -0.25) is 4.48 Å². The minimum Gasteiger partial charge on any atom is -0.296 e.